The quantitative estimate of drug-likeness (QED) is 0.572. The molecule has 0 heterocycles. The minimum absolute atomic E-state index is 0.711. The van der Waals surface area contributed by atoms with Gasteiger partial charge in [-0.25, -0.2) is 0 Å². The molecule has 98 valence electrons. The summed E-state index contributed by atoms with van der Waals surface area (Å²) in [4.78, 5) is 0. The van der Waals surface area contributed by atoms with Crippen LogP contribution in [0.25, 0.3) is 0 Å². The van der Waals surface area contributed by atoms with Crippen LogP contribution in [0.2, 0.25) is 0 Å². The summed E-state index contributed by atoms with van der Waals surface area (Å²) >= 11 is 2.07. The van der Waals surface area contributed by atoms with Gasteiger partial charge in [0.1, 0.15) is 0 Å². The number of benzene rings is 1. The van der Waals surface area contributed by atoms with Gasteiger partial charge in [0.15, 0.2) is 0 Å². The van der Waals surface area contributed by atoms with Crippen LogP contribution in [0.1, 0.15) is 51.0 Å². The van der Waals surface area contributed by atoms with Gasteiger partial charge in [-0.3, -0.25) is 0 Å². The molecule has 0 saturated heterocycles. The Hall–Kier alpha value is -0.940. The Balaban J connectivity index is 2.27. The molecule has 0 amide bonds. The van der Waals surface area contributed by atoms with Gasteiger partial charge >= 0.3 is 0 Å². The van der Waals surface area contributed by atoms with Crippen molar-refractivity contribution in [2.24, 2.45) is 0 Å². The molecule has 0 saturated carbocycles. The fourth-order valence-corrected chi connectivity index (χ4v) is 3.35. The number of hydrogen-bond acceptors (Lipinski definition) is 2. The van der Waals surface area contributed by atoms with Crippen LogP contribution >= 0.6 is 11.8 Å². The van der Waals surface area contributed by atoms with Gasteiger partial charge in [0.05, 0.1) is 6.07 Å². The van der Waals surface area contributed by atoms with Crippen molar-refractivity contribution in [1.82, 2.24) is 0 Å². The lowest BCUT2D eigenvalue weighted by molar-refractivity contribution is 0.626. The molecule has 0 aliphatic rings. The van der Waals surface area contributed by atoms with Crippen LogP contribution in [0.4, 0.5) is 0 Å². The van der Waals surface area contributed by atoms with E-state index in [9.17, 15) is 0 Å². The summed E-state index contributed by atoms with van der Waals surface area (Å²) in [5.74, 6) is 1.11. The summed E-state index contributed by atoms with van der Waals surface area (Å²) in [7, 11) is 0. The molecule has 0 radical (unpaired) electrons. The van der Waals surface area contributed by atoms with Gasteiger partial charge in [0, 0.05) is 17.4 Å². The van der Waals surface area contributed by atoms with Crippen molar-refractivity contribution >= 4 is 11.8 Å². The first-order chi connectivity index (χ1) is 8.86. The van der Waals surface area contributed by atoms with Crippen LogP contribution in [0.15, 0.2) is 30.3 Å². The maximum absolute atomic E-state index is 8.53. The van der Waals surface area contributed by atoms with E-state index in [1.807, 2.05) is 0 Å². The highest BCUT2D eigenvalue weighted by atomic mass is 32.2. The van der Waals surface area contributed by atoms with Crippen molar-refractivity contribution in [3.05, 3.63) is 35.9 Å². The molecule has 18 heavy (non-hydrogen) atoms. The van der Waals surface area contributed by atoms with Crippen molar-refractivity contribution in [1.29, 1.82) is 5.26 Å². The van der Waals surface area contributed by atoms with Crippen molar-refractivity contribution < 1.29 is 0 Å². The second-order valence-corrected chi connectivity index (χ2v) is 5.90. The topological polar surface area (TPSA) is 23.8 Å². The summed E-state index contributed by atoms with van der Waals surface area (Å²) < 4.78 is 0. The third-order valence-electron chi connectivity index (χ3n) is 3.00. The Bertz CT molecular complexity index is 342. The monoisotopic (exact) mass is 261 g/mol. The highest BCUT2D eigenvalue weighted by Crippen LogP contribution is 2.25. The van der Waals surface area contributed by atoms with Crippen molar-refractivity contribution in [3.8, 4) is 6.07 Å². The first-order valence-corrected chi connectivity index (χ1v) is 7.94. The van der Waals surface area contributed by atoms with Gasteiger partial charge in [-0.05, 0) is 24.8 Å². The number of hydrogen-bond donors (Lipinski definition) is 0. The molecular weight excluding hydrogens is 238 g/mol. The van der Waals surface area contributed by atoms with Gasteiger partial charge in [0.2, 0.25) is 0 Å². The number of unbranched alkanes of at least 4 members (excludes halogenated alkanes) is 2. The molecule has 0 spiro atoms. The van der Waals surface area contributed by atoms with E-state index < -0.39 is 0 Å². The normalized spacial score (nSPS) is 12.0. The van der Waals surface area contributed by atoms with Crippen LogP contribution < -0.4 is 0 Å². The molecule has 0 bridgehead atoms. The SMILES string of the molecule is CCCC(CCCCC#N)SCc1ccccc1. The van der Waals surface area contributed by atoms with Gasteiger partial charge in [-0.2, -0.15) is 17.0 Å². The summed E-state index contributed by atoms with van der Waals surface area (Å²) in [5.41, 5.74) is 1.42. The molecular formula is C16H23NS. The smallest absolute Gasteiger partial charge is 0.0621 e. The first kappa shape index (κ1) is 15.1. The first-order valence-electron chi connectivity index (χ1n) is 6.89. The lowest BCUT2D eigenvalue weighted by atomic mass is 10.1. The Morgan fingerprint density at radius 2 is 1.94 bits per heavy atom. The fourth-order valence-electron chi connectivity index (χ4n) is 2.00. The van der Waals surface area contributed by atoms with Crippen molar-refractivity contribution in [2.45, 2.75) is 56.5 Å². The number of nitrogens with zero attached hydrogens (tertiary/aromatic N) is 1. The van der Waals surface area contributed by atoms with Crippen LogP contribution in [-0.4, -0.2) is 5.25 Å². The minimum Gasteiger partial charge on any atom is -0.198 e. The Labute approximate surface area is 116 Å². The fraction of sp³-hybridized carbons (Fsp3) is 0.562. The van der Waals surface area contributed by atoms with E-state index in [2.05, 4.69) is 55.1 Å². The van der Waals surface area contributed by atoms with Crippen molar-refractivity contribution in [2.75, 3.05) is 0 Å². The summed E-state index contributed by atoms with van der Waals surface area (Å²) in [6.07, 6.45) is 6.77. The second-order valence-electron chi connectivity index (χ2n) is 4.61. The van der Waals surface area contributed by atoms with Crippen molar-refractivity contribution in [3.63, 3.8) is 0 Å². The van der Waals surface area contributed by atoms with E-state index >= 15 is 0 Å². The zero-order chi connectivity index (χ0) is 13.1. The molecule has 0 aromatic heterocycles. The molecule has 0 aliphatic heterocycles. The lowest BCUT2D eigenvalue weighted by Gasteiger charge is -2.15. The van der Waals surface area contributed by atoms with Crippen LogP contribution in [0.3, 0.4) is 0 Å². The average molecular weight is 261 g/mol. The van der Waals surface area contributed by atoms with E-state index in [0.717, 1.165) is 17.4 Å². The standard InChI is InChI=1S/C16H23NS/c1-2-9-16(12-7-4-8-13-17)18-14-15-10-5-3-6-11-15/h3,5-6,10-11,16H,2,4,7-9,12,14H2,1H3. The largest absolute Gasteiger partial charge is 0.198 e. The number of rotatable bonds is 9. The highest BCUT2D eigenvalue weighted by Gasteiger charge is 2.08. The van der Waals surface area contributed by atoms with E-state index in [1.54, 1.807) is 0 Å². The predicted octanol–water partition coefficient (Wildman–Crippen LogP) is 5.17. The third kappa shape index (κ3) is 6.71. The second kappa shape index (κ2) is 10.0. The molecule has 1 nitrogen and oxygen atoms in total. The Morgan fingerprint density at radius 3 is 2.61 bits per heavy atom. The molecule has 0 fully saturated rings. The summed E-state index contributed by atoms with van der Waals surface area (Å²) in [5, 5.41) is 9.29. The number of thioether (sulfide) groups is 1. The lowest BCUT2D eigenvalue weighted by Crippen LogP contribution is -2.03. The third-order valence-corrected chi connectivity index (χ3v) is 4.45. The molecule has 0 N–H and O–H groups in total. The predicted molar refractivity (Wildman–Crippen MR) is 80.5 cm³/mol. The van der Waals surface area contributed by atoms with Crippen LogP contribution in [0.5, 0.6) is 0 Å². The van der Waals surface area contributed by atoms with Gasteiger partial charge < -0.3 is 0 Å². The zero-order valence-electron chi connectivity index (χ0n) is 11.3. The molecule has 1 unspecified atom stereocenters. The van der Waals surface area contributed by atoms with Gasteiger partial charge in [-0.1, -0.05) is 50.1 Å². The molecule has 1 aromatic rings. The maximum atomic E-state index is 8.53. The van der Waals surface area contributed by atoms with E-state index in [-0.39, 0.29) is 0 Å². The summed E-state index contributed by atoms with van der Waals surface area (Å²) in [6.45, 7) is 2.26. The Kier molecular flexibility index (Phi) is 8.42. The molecule has 1 atom stereocenters. The highest BCUT2D eigenvalue weighted by molar-refractivity contribution is 7.99. The maximum Gasteiger partial charge on any atom is 0.0621 e. The average Bonchev–Trinajstić information content (AvgIpc) is 2.42. The molecule has 2 heteroatoms. The minimum atomic E-state index is 0.711. The molecule has 0 aliphatic carbocycles. The van der Waals surface area contributed by atoms with Crippen LogP contribution in [0, 0.1) is 11.3 Å². The van der Waals surface area contributed by atoms with Gasteiger partial charge in [-0.15, -0.1) is 0 Å². The van der Waals surface area contributed by atoms with Crippen LogP contribution in [-0.2, 0) is 5.75 Å². The van der Waals surface area contributed by atoms with Gasteiger partial charge in [0.25, 0.3) is 0 Å². The van der Waals surface area contributed by atoms with E-state index in [0.29, 0.717) is 6.42 Å². The molecule has 1 aromatic carbocycles. The molecule has 1 rings (SSSR count). The number of nitriles is 1. The zero-order valence-corrected chi connectivity index (χ0v) is 12.1. The summed E-state index contributed by atoms with van der Waals surface area (Å²) in [6, 6.07) is 12.9. The Morgan fingerprint density at radius 1 is 1.17 bits per heavy atom. The van der Waals surface area contributed by atoms with E-state index in [1.165, 1.54) is 31.2 Å². The van der Waals surface area contributed by atoms with E-state index in [4.69, 9.17) is 5.26 Å².